The third-order valence-corrected chi connectivity index (χ3v) is 7.26. The van der Waals surface area contributed by atoms with Crippen molar-refractivity contribution in [2.45, 2.75) is 50.8 Å². The third-order valence-electron chi connectivity index (χ3n) is 7.26. The van der Waals surface area contributed by atoms with Gasteiger partial charge >= 0.3 is 0 Å². The first kappa shape index (κ1) is 20.5. The van der Waals surface area contributed by atoms with Gasteiger partial charge < -0.3 is 14.9 Å². The lowest BCUT2D eigenvalue weighted by Gasteiger charge is -2.32. The molecular formula is C26H34N4O. The number of hydrogen-bond donors (Lipinski definition) is 1. The Labute approximate surface area is 186 Å². The fraction of sp³-hybridized carbons (Fsp3) is 0.500. The monoisotopic (exact) mass is 418 g/mol. The molecule has 3 heterocycles. The van der Waals surface area contributed by atoms with Crippen molar-refractivity contribution in [3.05, 3.63) is 77.4 Å². The summed E-state index contributed by atoms with van der Waals surface area (Å²) >= 11 is 0. The molecule has 5 nitrogen and oxygen atoms in total. The minimum Gasteiger partial charge on any atom is -0.390 e. The number of nitrogens with zero attached hydrogens (tertiary/aromatic N) is 4. The summed E-state index contributed by atoms with van der Waals surface area (Å²) in [4.78, 5) is 11.6. The van der Waals surface area contributed by atoms with Crippen LogP contribution in [0, 0.1) is 0 Å². The molecule has 0 bridgehead atoms. The number of β-amino-alcohol motifs (C(OH)–C–C–N with tert-alkyl or cyclic N) is 1. The van der Waals surface area contributed by atoms with Crippen molar-refractivity contribution in [1.29, 1.82) is 0 Å². The average molecular weight is 419 g/mol. The molecular weight excluding hydrogens is 384 g/mol. The Bertz CT molecular complexity index is 908. The molecule has 2 aliphatic heterocycles. The van der Waals surface area contributed by atoms with Gasteiger partial charge in [-0.05, 0) is 47.9 Å². The highest BCUT2D eigenvalue weighted by atomic mass is 16.3. The van der Waals surface area contributed by atoms with Gasteiger partial charge in [0.05, 0.1) is 24.2 Å². The predicted molar refractivity (Wildman–Crippen MR) is 123 cm³/mol. The predicted octanol–water partition coefficient (Wildman–Crippen LogP) is 3.36. The van der Waals surface area contributed by atoms with Gasteiger partial charge in [0.2, 0.25) is 0 Å². The second kappa shape index (κ2) is 9.01. The number of pyridine rings is 1. The van der Waals surface area contributed by atoms with Gasteiger partial charge in [-0.3, -0.25) is 9.88 Å². The molecule has 1 aromatic carbocycles. The van der Waals surface area contributed by atoms with Crippen LogP contribution < -0.4 is 0 Å². The lowest BCUT2D eigenvalue weighted by atomic mass is 9.81. The minimum absolute atomic E-state index is 0.373. The molecule has 2 aromatic rings. The van der Waals surface area contributed by atoms with Crippen LogP contribution in [0.3, 0.4) is 0 Å². The SMILES string of the molecule is C=C1N(Cc2ccc(C3CCC3)cn2)CCN1C[C@H](O)CN1CCc2ccccc2C1. The molecule has 3 aliphatic rings. The molecule has 1 saturated carbocycles. The van der Waals surface area contributed by atoms with Gasteiger partial charge in [-0.15, -0.1) is 0 Å². The van der Waals surface area contributed by atoms with Crippen LogP contribution >= 0.6 is 0 Å². The first-order valence-corrected chi connectivity index (χ1v) is 11.8. The van der Waals surface area contributed by atoms with Gasteiger partial charge in [-0.2, -0.15) is 0 Å². The zero-order valence-electron chi connectivity index (χ0n) is 18.4. The zero-order valence-corrected chi connectivity index (χ0v) is 18.4. The van der Waals surface area contributed by atoms with E-state index in [0.717, 1.165) is 56.6 Å². The average Bonchev–Trinajstić information content (AvgIpc) is 3.07. The van der Waals surface area contributed by atoms with Crippen molar-refractivity contribution in [2.75, 3.05) is 32.7 Å². The maximum atomic E-state index is 10.8. The summed E-state index contributed by atoms with van der Waals surface area (Å²) in [6.45, 7) is 10.3. The highest BCUT2D eigenvalue weighted by Gasteiger charge is 2.27. The quantitative estimate of drug-likeness (QED) is 0.747. The maximum Gasteiger partial charge on any atom is 0.0970 e. The lowest BCUT2D eigenvalue weighted by molar-refractivity contribution is 0.0811. The smallest absolute Gasteiger partial charge is 0.0970 e. The summed E-state index contributed by atoms with van der Waals surface area (Å²) < 4.78 is 0. The number of hydrogen-bond acceptors (Lipinski definition) is 5. The van der Waals surface area contributed by atoms with E-state index in [0.29, 0.717) is 13.1 Å². The van der Waals surface area contributed by atoms with E-state index < -0.39 is 0 Å². The van der Waals surface area contributed by atoms with E-state index in [2.05, 4.69) is 63.9 Å². The van der Waals surface area contributed by atoms with Crippen molar-refractivity contribution >= 4 is 0 Å². The Morgan fingerprint density at radius 2 is 1.81 bits per heavy atom. The standard InChI is InChI=1S/C26H34N4O/c1-20-29(17-25-10-9-23(15-27-25)21-7-4-8-21)13-14-30(20)19-26(31)18-28-12-11-22-5-2-3-6-24(22)16-28/h2-3,5-6,9-10,15,21,26,31H,1,4,7-8,11-14,16-19H2/t26-/m1/s1. The van der Waals surface area contributed by atoms with E-state index in [1.807, 2.05) is 0 Å². The number of aromatic nitrogens is 1. The number of benzene rings is 1. The molecule has 0 amide bonds. The van der Waals surface area contributed by atoms with E-state index in [-0.39, 0.29) is 6.10 Å². The molecule has 1 aromatic heterocycles. The van der Waals surface area contributed by atoms with Crippen LogP contribution in [-0.2, 0) is 19.5 Å². The minimum atomic E-state index is -0.373. The summed E-state index contributed by atoms with van der Waals surface area (Å²) in [7, 11) is 0. The van der Waals surface area contributed by atoms with Gasteiger partial charge in [0, 0.05) is 45.5 Å². The van der Waals surface area contributed by atoms with E-state index in [1.165, 1.54) is 36.0 Å². The molecule has 1 saturated heterocycles. The Hall–Kier alpha value is -2.37. The second-order valence-corrected chi connectivity index (χ2v) is 9.40. The number of aliphatic hydroxyl groups is 1. The largest absolute Gasteiger partial charge is 0.390 e. The van der Waals surface area contributed by atoms with E-state index >= 15 is 0 Å². The van der Waals surface area contributed by atoms with Gasteiger partial charge in [0.15, 0.2) is 0 Å². The summed E-state index contributed by atoms with van der Waals surface area (Å²) in [5, 5.41) is 10.8. The highest BCUT2D eigenvalue weighted by molar-refractivity contribution is 5.29. The first-order valence-electron chi connectivity index (χ1n) is 11.8. The molecule has 5 rings (SSSR count). The van der Waals surface area contributed by atoms with Crippen molar-refractivity contribution in [3.8, 4) is 0 Å². The number of fused-ring (bicyclic) bond motifs is 1. The molecule has 0 spiro atoms. The Balaban J connectivity index is 1.10. The zero-order chi connectivity index (χ0) is 21.2. The van der Waals surface area contributed by atoms with Crippen LogP contribution in [0.15, 0.2) is 55.0 Å². The Morgan fingerprint density at radius 3 is 2.55 bits per heavy atom. The van der Waals surface area contributed by atoms with Crippen molar-refractivity contribution in [1.82, 2.24) is 19.7 Å². The van der Waals surface area contributed by atoms with Gasteiger partial charge in [0.1, 0.15) is 0 Å². The third kappa shape index (κ3) is 4.63. The molecule has 5 heteroatoms. The molecule has 0 unspecified atom stereocenters. The van der Waals surface area contributed by atoms with Crippen LogP contribution in [0.4, 0.5) is 0 Å². The van der Waals surface area contributed by atoms with Gasteiger partial charge in [-0.25, -0.2) is 0 Å². The fourth-order valence-corrected chi connectivity index (χ4v) is 5.09. The normalized spacial score (nSPS) is 20.6. The van der Waals surface area contributed by atoms with Crippen molar-refractivity contribution < 1.29 is 5.11 Å². The molecule has 164 valence electrons. The number of rotatable bonds is 7. The summed E-state index contributed by atoms with van der Waals surface area (Å²) in [6, 6.07) is 13.1. The van der Waals surface area contributed by atoms with Crippen LogP contribution in [0.5, 0.6) is 0 Å². The van der Waals surface area contributed by atoms with Gasteiger partial charge in [0.25, 0.3) is 0 Å². The summed E-state index contributed by atoms with van der Waals surface area (Å²) in [5.41, 5.74) is 5.33. The van der Waals surface area contributed by atoms with Crippen molar-refractivity contribution in [2.24, 2.45) is 0 Å². The first-order chi connectivity index (χ1) is 15.2. The molecule has 1 N–H and O–H groups in total. The van der Waals surface area contributed by atoms with E-state index in [4.69, 9.17) is 4.98 Å². The van der Waals surface area contributed by atoms with Crippen LogP contribution in [0.1, 0.15) is 47.6 Å². The van der Waals surface area contributed by atoms with Crippen LogP contribution in [-0.4, -0.2) is 63.6 Å². The second-order valence-electron chi connectivity index (χ2n) is 9.40. The summed E-state index contributed by atoms with van der Waals surface area (Å²) in [5.74, 6) is 1.74. The Morgan fingerprint density at radius 1 is 1.00 bits per heavy atom. The molecule has 1 aliphatic carbocycles. The van der Waals surface area contributed by atoms with Crippen LogP contribution in [0.2, 0.25) is 0 Å². The van der Waals surface area contributed by atoms with E-state index in [9.17, 15) is 5.11 Å². The lowest BCUT2D eigenvalue weighted by Crippen LogP contribution is -2.41. The fourth-order valence-electron chi connectivity index (χ4n) is 5.09. The maximum absolute atomic E-state index is 10.8. The molecule has 2 fully saturated rings. The van der Waals surface area contributed by atoms with E-state index in [1.54, 1.807) is 0 Å². The molecule has 31 heavy (non-hydrogen) atoms. The summed E-state index contributed by atoms with van der Waals surface area (Å²) in [6.07, 6.45) is 6.74. The number of aliphatic hydroxyl groups excluding tert-OH is 1. The topological polar surface area (TPSA) is 42.8 Å². The highest BCUT2D eigenvalue weighted by Crippen LogP contribution is 2.35. The van der Waals surface area contributed by atoms with Crippen molar-refractivity contribution in [3.63, 3.8) is 0 Å². The Kier molecular flexibility index (Phi) is 5.97. The van der Waals surface area contributed by atoms with Gasteiger partial charge in [-0.1, -0.05) is 43.3 Å². The molecule has 0 radical (unpaired) electrons. The van der Waals surface area contributed by atoms with Crippen LogP contribution in [0.25, 0.3) is 0 Å². The molecule has 1 atom stereocenters.